The van der Waals surface area contributed by atoms with Gasteiger partial charge in [0.2, 0.25) is 0 Å². The van der Waals surface area contributed by atoms with Gasteiger partial charge in [0.15, 0.2) is 5.11 Å². The second-order valence-corrected chi connectivity index (χ2v) is 3.57. The van der Waals surface area contributed by atoms with E-state index in [1.54, 1.807) is 0 Å². The third kappa shape index (κ3) is 4.56. The zero-order chi connectivity index (χ0) is 12.8. The molecular formula is C10H11FN4OS. The second-order valence-electron chi connectivity index (χ2n) is 3.13. The molecule has 5 nitrogen and oxygen atoms in total. The number of rotatable bonds is 3. The number of benzene rings is 1. The monoisotopic (exact) mass is 254 g/mol. The topological polar surface area (TPSA) is 79.5 Å². The van der Waals surface area contributed by atoms with Crippen LogP contribution in [0.5, 0.6) is 0 Å². The smallest absolute Gasteiger partial charge is 0.271 e. The first kappa shape index (κ1) is 13.0. The van der Waals surface area contributed by atoms with Gasteiger partial charge in [0.25, 0.3) is 5.91 Å². The van der Waals surface area contributed by atoms with E-state index in [2.05, 4.69) is 28.1 Å². The fourth-order valence-corrected chi connectivity index (χ4v) is 0.990. The molecule has 4 N–H and O–H groups in total. The molecule has 0 unspecified atom stereocenters. The lowest BCUT2D eigenvalue weighted by Gasteiger charge is -2.04. The average molecular weight is 254 g/mol. The Labute approximate surface area is 103 Å². The van der Waals surface area contributed by atoms with Crippen LogP contribution < -0.4 is 16.5 Å². The van der Waals surface area contributed by atoms with Gasteiger partial charge in [-0.3, -0.25) is 10.2 Å². The summed E-state index contributed by atoms with van der Waals surface area (Å²) in [7, 11) is 0. The first-order chi connectivity index (χ1) is 7.99. The molecule has 0 atom stereocenters. The molecule has 1 rings (SSSR count). The molecule has 90 valence electrons. The molecular weight excluding hydrogens is 243 g/mol. The lowest BCUT2D eigenvalue weighted by Crippen LogP contribution is -2.28. The van der Waals surface area contributed by atoms with Crippen molar-refractivity contribution in [1.82, 2.24) is 5.43 Å². The number of halogens is 1. The summed E-state index contributed by atoms with van der Waals surface area (Å²) in [6, 6.07) is 5.38. The summed E-state index contributed by atoms with van der Waals surface area (Å²) in [5, 5.41) is 6.16. The fourth-order valence-electron chi connectivity index (χ4n) is 0.944. The van der Waals surface area contributed by atoms with Gasteiger partial charge >= 0.3 is 0 Å². The highest BCUT2D eigenvalue weighted by atomic mass is 32.1. The second kappa shape index (κ2) is 5.90. The van der Waals surface area contributed by atoms with Gasteiger partial charge in [0.1, 0.15) is 11.5 Å². The molecule has 0 fully saturated rings. The normalized spacial score (nSPS) is 10.8. The van der Waals surface area contributed by atoms with Crippen LogP contribution in [0.2, 0.25) is 0 Å². The Kier molecular flexibility index (Phi) is 4.53. The Morgan fingerprint density at radius 3 is 2.53 bits per heavy atom. The lowest BCUT2D eigenvalue weighted by molar-refractivity contribution is -0.110. The molecule has 0 heterocycles. The molecule has 1 aromatic carbocycles. The minimum absolute atomic E-state index is 0.0288. The van der Waals surface area contributed by atoms with Gasteiger partial charge in [-0.05, 0) is 43.4 Å². The number of anilines is 1. The summed E-state index contributed by atoms with van der Waals surface area (Å²) in [6.45, 7) is 1.49. The van der Waals surface area contributed by atoms with E-state index in [9.17, 15) is 9.18 Å². The van der Waals surface area contributed by atoms with E-state index in [4.69, 9.17) is 5.73 Å². The van der Waals surface area contributed by atoms with Gasteiger partial charge in [-0.2, -0.15) is 5.10 Å². The van der Waals surface area contributed by atoms with Gasteiger partial charge < -0.3 is 11.1 Å². The van der Waals surface area contributed by atoms with E-state index in [0.29, 0.717) is 5.69 Å². The van der Waals surface area contributed by atoms with Crippen molar-refractivity contribution in [2.24, 2.45) is 10.8 Å². The number of carbonyl (C=O) groups excluding carboxylic acids is 1. The number of hydrogen-bond acceptors (Lipinski definition) is 3. The standard InChI is InChI=1S/C10H11FN4OS/c1-6(14-15-10(12)17)9(16)13-8-4-2-7(11)3-5-8/h2-5H,1H3,(H,13,16)(H3,12,15,17)/b14-6-. The summed E-state index contributed by atoms with van der Waals surface area (Å²) in [5.74, 6) is -0.802. The van der Waals surface area contributed by atoms with Crippen molar-refractivity contribution in [3.63, 3.8) is 0 Å². The first-order valence-electron chi connectivity index (χ1n) is 4.65. The quantitative estimate of drug-likeness (QED) is 0.426. The molecule has 1 aromatic rings. The van der Waals surface area contributed by atoms with Gasteiger partial charge in [-0.25, -0.2) is 4.39 Å². The molecule has 0 bridgehead atoms. The van der Waals surface area contributed by atoms with Crippen molar-refractivity contribution >= 4 is 34.6 Å². The van der Waals surface area contributed by atoms with Crippen molar-refractivity contribution in [3.05, 3.63) is 30.1 Å². The molecule has 0 saturated carbocycles. The molecule has 17 heavy (non-hydrogen) atoms. The van der Waals surface area contributed by atoms with Crippen LogP contribution in [-0.2, 0) is 4.79 Å². The number of carbonyl (C=O) groups is 1. The number of thiocarbonyl (C=S) groups is 1. The Bertz CT molecular complexity index is 458. The van der Waals surface area contributed by atoms with Gasteiger partial charge in [-0.1, -0.05) is 0 Å². The number of nitrogens with two attached hydrogens (primary N) is 1. The van der Waals surface area contributed by atoms with E-state index in [-0.39, 0.29) is 16.6 Å². The molecule has 0 radical (unpaired) electrons. The number of amides is 1. The van der Waals surface area contributed by atoms with Gasteiger partial charge in [-0.15, -0.1) is 0 Å². The minimum atomic E-state index is -0.430. The third-order valence-electron chi connectivity index (χ3n) is 1.76. The first-order valence-corrected chi connectivity index (χ1v) is 5.06. The van der Waals surface area contributed by atoms with Crippen molar-refractivity contribution in [3.8, 4) is 0 Å². The molecule has 0 aromatic heterocycles. The highest BCUT2D eigenvalue weighted by Gasteiger charge is 2.06. The lowest BCUT2D eigenvalue weighted by atomic mass is 10.3. The number of hydrogen-bond donors (Lipinski definition) is 3. The highest BCUT2D eigenvalue weighted by molar-refractivity contribution is 7.80. The zero-order valence-corrected chi connectivity index (χ0v) is 9.84. The van der Waals surface area contributed by atoms with Gasteiger partial charge in [0.05, 0.1) is 0 Å². The van der Waals surface area contributed by atoms with Crippen LogP contribution in [0.1, 0.15) is 6.92 Å². The molecule has 0 aliphatic heterocycles. The number of hydrazone groups is 1. The Hall–Kier alpha value is -2.02. The average Bonchev–Trinajstić information content (AvgIpc) is 2.28. The predicted octanol–water partition coefficient (Wildman–Crippen LogP) is 0.973. The van der Waals surface area contributed by atoms with Crippen molar-refractivity contribution in [2.75, 3.05) is 5.32 Å². The summed E-state index contributed by atoms with van der Waals surface area (Å²) in [5.41, 5.74) is 8.08. The van der Waals surface area contributed by atoms with E-state index in [1.807, 2.05) is 0 Å². The van der Waals surface area contributed by atoms with Gasteiger partial charge in [0, 0.05) is 5.69 Å². The maximum Gasteiger partial charge on any atom is 0.271 e. The van der Waals surface area contributed by atoms with E-state index >= 15 is 0 Å². The van der Waals surface area contributed by atoms with E-state index < -0.39 is 5.91 Å². The largest absolute Gasteiger partial charge is 0.375 e. The number of nitrogens with zero attached hydrogens (tertiary/aromatic N) is 1. The third-order valence-corrected chi connectivity index (χ3v) is 1.86. The maximum atomic E-state index is 12.6. The van der Waals surface area contributed by atoms with Crippen LogP contribution in [0.15, 0.2) is 29.4 Å². The molecule has 7 heteroatoms. The SMILES string of the molecule is C/C(=N/NC(N)=S)C(=O)Nc1ccc(F)cc1. The summed E-state index contributed by atoms with van der Waals surface area (Å²) in [6.07, 6.45) is 0. The maximum absolute atomic E-state index is 12.6. The van der Waals surface area contributed by atoms with Crippen LogP contribution in [0.4, 0.5) is 10.1 Å². The molecule has 0 saturated heterocycles. The zero-order valence-electron chi connectivity index (χ0n) is 9.03. The Morgan fingerprint density at radius 2 is 2.00 bits per heavy atom. The van der Waals surface area contributed by atoms with Crippen LogP contribution in [0.25, 0.3) is 0 Å². The van der Waals surface area contributed by atoms with E-state index in [1.165, 1.54) is 31.2 Å². The number of nitrogens with one attached hydrogen (secondary N) is 2. The summed E-state index contributed by atoms with van der Waals surface area (Å²) < 4.78 is 12.6. The van der Waals surface area contributed by atoms with Crippen LogP contribution in [0.3, 0.4) is 0 Å². The highest BCUT2D eigenvalue weighted by Crippen LogP contribution is 2.07. The molecule has 0 spiro atoms. The minimum Gasteiger partial charge on any atom is -0.375 e. The Balaban J connectivity index is 2.63. The molecule has 1 amide bonds. The van der Waals surface area contributed by atoms with Crippen molar-refractivity contribution in [2.45, 2.75) is 6.92 Å². The van der Waals surface area contributed by atoms with Crippen LogP contribution in [-0.4, -0.2) is 16.7 Å². The predicted molar refractivity (Wildman–Crippen MR) is 68.1 cm³/mol. The molecule has 0 aliphatic rings. The summed E-state index contributed by atoms with van der Waals surface area (Å²) >= 11 is 4.53. The van der Waals surface area contributed by atoms with Crippen molar-refractivity contribution < 1.29 is 9.18 Å². The Morgan fingerprint density at radius 1 is 1.41 bits per heavy atom. The van der Waals surface area contributed by atoms with Crippen molar-refractivity contribution in [1.29, 1.82) is 0 Å². The fraction of sp³-hybridized carbons (Fsp3) is 0.100. The van der Waals surface area contributed by atoms with Crippen LogP contribution in [0, 0.1) is 5.82 Å². The van der Waals surface area contributed by atoms with Crippen LogP contribution >= 0.6 is 12.2 Å². The molecule has 0 aliphatic carbocycles. The van der Waals surface area contributed by atoms with E-state index in [0.717, 1.165) is 0 Å². The summed E-state index contributed by atoms with van der Waals surface area (Å²) in [4.78, 5) is 11.6.